The fraction of sp³-hybridized carbons (Fsp3) is 0.500. The van der Waals surface area contributed by atoms with Crippen molar-refractivity contribution in [1.82, 2.24) is 10.6 Å². The van der Waals surface area contributed by atoms with Crippen LogP contribution >= 0.6 is 23.5 Å². The molecule has 0 aromatic heterocycles. The molecule has 1 aliphatic heterocycles. The van der Waals surface area contributed by atoms with Gasteiger partial charge in [0.1, 0.15) is 5.75 Å². The molecule has 1 aromatic carbocycles. The molecule has 9 heteroatoms. The first kappa shape index (κ1) is 21.4. The third-order valence-electron chi connectivity index (χ3n) is 3.25. The summed E-state index contributed by atoms with van der Waals surface area (Å²) in [7, 11) is 0. The molecule has 1 aliphatic rings. The molecule has 3 amide bonds. The van der Waals surface area contributed by atoms with Crippen molar-refractivity contribution < 1.29 is 23.9 Å². The fourth-order valence-electron chi connectivity index (χ4n) is 2.20. The maximum atomic E-state index is 11.8. The predicted octanol–water partition coefficient (Wildman–Crippen LogP) is 2.71. The van der Waals surface area contributed by atoms with Crippen molar-refractivity contribution >= 4 is 41.4 Å². The second-order valence-corrected chi connectivity index (χ2v) is 9.54. The zero-order valence-corrected chi connectivity index (χ0v) is 17.2. The Bertz CT molecular complexity index is 685. The van der Waals surface area contributed by atoms with Gasteiger partial charge >= 0.3 is 12.0 Å². The number of rotatable bonds is 6. The molecule has 1 saturated heterocycles. The lowest BCUT2D eigenvalue weighted by Crippen LogP contribution is -2.49. The molecule has 2 N–H and O–H groups in total. The van der Waals surface area contributed by atoms with Crippen LogP contribution in [0.1, 0.15) is 30.9 Å². The summed E-state index contributed by atoms with van der Waals surface area (Å²) in [5.74, 6) is 1.43. The van der Waals surface area contributed by atoms with Crippen LogP contribution in [0.3, 0.4) is 0 Å². The van der Waals surface area contributed by atoms with Crippen LogP contribution in [0.5, 0.6) is 5.75 Å². The number of benzene rings is 1. The van der Waals surface area contributed by atoms with Crippen LogP contribution in [-0.4, -0.2) is 48.2 Å². The number of esters is 1. The summed E-state index contributed by atoms with van der Waals surface area (Å²) in [6, 6.07) is 6.94. The van der Waals surface area contributed by atoms with E-state index in [0.29, 0.717) is 10.3 Å². The van der Waals surface area contributed by atoms with Crippen molar-refractivity contribution in [3.63, 3.8) is 0 Å². The highest BCUT2D eigenvalue weighted by molar-refractivity contribution is 8.19. The van der Waals surface area contributed by atoms with Gasteiger partial charge in [-0.25, -0.2) is 9.59 Å². The monoisotopic (exact) mass is 412 g/mol. The molecule has 2 rings (SSSR count). The highest BCUT2D eigenvalue weighted by Crippen LogP contribution is 2.48. The smallest absolute Gasteiger partial charge is 0.344 e. The van der Waals surface area contributed by atoms with Gasteiger partial charge in [-0.1, -0.05) is 18.2 Å². The quantitative estimate of drug-likeness (QED) is 0.694. The molecule has 0 aliphatic carbocycles. The molecular weight excluding hydrogens is 388 g/mol. The van der Waals surface area contributed by atoms with Gasteiger partial charge in [0, 0.05) is 22.6 Å². The molecule has 0 unspecified atom stereocenters. The molecule has 0 bridgehead atoms. The predicted molar refractivity (Wildman–Crippen MR) is 107 cm³/mol. The van der Waals surface area contributed by atoms with Crippen molar-refractivity contribution in [2.24, 2.45) is 0 Å². The first-order chi connectivity index (χ1) is 12.7. The molecule has 148 valence electrons. The average Bonchev–Trinajstić information content (AvgIpc) is 3.11. The molecule has 7 nitrogen and oxygen atoms in total. The van der Waals surface area contributed by atoms with Crippen molar-refractivity contribution in [2.75, 3.05) is 24.7 Å². The molecular formula is C18H24N2O5S2. The van der Waals surface area contributed by atoms with Crippen molar-refractivity contribution in [2.45, 2.75) is 30.9 Å². The Morgan fingerprint density at radius 1 is 1.11 bits per heavy atom. The number of ether oxygens (including phenoxy) is 2. The summed E-state index contributed by atoms with van der Waals surface area (Å²) in [6.07, 6.45) is 0. The number of imide groups is 1. The standard InChI is InChI=1S/C18H24N2O5S2/c1-18(2,3)20-17(23)19-14(21)10-25-15(22)11-24-13-7-5-4-6-12(13)16-26-8-9-27-16/h4-7,16H,8-11H2,1-3H3,(H2,19,20,21,23). The largest absolute Gasteiger partial charge is 0.482 e. The summed E-state index contributed by atoms with van der Waals surface area (Å²) in [6.45, 7) is 4.51. The zero-order chi connectivity index (χ0) is 19.9. The summed E-state index contributed by atoms with van der Waals surface area (Å²) >= 11 is 3.69. The van der Waals surface area contributed by atoms with Gasteiger partial charge in [-0.2, -0.15) is 0 Å². The van der Waals surface area contributed by atoms with Gasteiger partial charge in [0.2, 0.25) is 0 Å². The van der Waals surface area contributed by atoms with E-state index in [2.05, 4.69) is 10.6 Å². The highest BCUT2D eigenvalue weighted by Gasteiger charge is 2.22. The summed E-state index contributed by atoms with van der Waals surface area (Å²) in [5.41, 5.74) is 0.562. The Labute approximate surface area is 167 Å². The number of carbonyl (C=O) groups is 3. The zero-order valence-electron chi connectivity index (χ0n) is 15.6. The SMILES string of the molecule is CC(C)(C)NC(=O)NC(=O)COC(=O)COc1ccccc1C1SCCS1. The summed E-state index contributed by atoms with van der Waals surface area (Å²) in [5, 5.41) is 4.68. The van der Waals surface area contributed by atoms with Gasteiger partial charge in [-0.3, -0.25) is 10.1 Å². The molecule has 0 spiro atoms. The van der Waals surface area contributed by atoms with Crippen molar-refractivity contribution in [3.05, 3.63) is 29.8 Å². The van der Waals surface area contributed by atoms with E-state index >= 15 is 0 Å². The highest BCUT2D eigenvalue weighted by atomic mass is 32.2. The third kappa shape index (κ3) is 7.72. The number of thioether (sulfide) groups is 2. The minimum atomic E-state index is -0.704. The van der Waals surface area contributed by atoms with Crippen molar-refractivity contribution in [3.8, 4) is 5.75 Å². The Morgan fingerprint density at radius 2 is 1.78 bits per heavy atom. The van der Waals surface area contributed by atoms with E-state index in [1.165, 1.54) is 0 Å². The van der Waals surface area contributed by atoms with E-state index in [1.807, 2.05) is 47.8 Å². The van der Waals surface area contributed by atoms with Gasteiger partial charge in [0.15, 0.2) is 13.2 Å². The van der Waals surface area contributed by atoms with Gasteiger partial charge in [-0.05, 0) is 26.8 Å². The van der Waals surface area contributed by atoms with Gasteiger partial charge < -0.3 is 14.8 Å². The van der Waals surface area contributed by atoms with E-state index in [9.17, 15) is 14.4 Å². The summed E-state index contributed by atoms with van der Waals surface area (Å²) < 4.78 is 10.7. The van der Waals surface area contributed by atoms with Crippen LogP contribution in [0.4, 0.5) is 4.79 Å². The van der Waals surface area contributed by atoms with E-state index in [4.69, 9.17) is 9.47 Å². The lowest BCUT2D eigenvalue weighted by atomic mass is 10.1. The van der Waals surface area contributed by atoms with E-state index in [1.54, 1.807) is 20.8 Å². The van der Waals surface area contributed by atoms with Crippen LogP contribution in [0.15, 0.2) is 24.3 Å². The van der Waals surface area contributed by atoms with Crippen LogP contribution in [-0.2, 0) is 14.3 Å². The van der Waals surface area contributed by atoms with Crippen LogP contribution in [0.2, 0.25) is 0 Å². The summed E-state index contributed by atoms with van der Waals surface area (Å²) in [4.78, 5) is 35.1. The number of hydrogen-bond acceptors (Lipinski definition) is 7. The van der Waals surface area contributed by atoms with Crippen LogP contribution in [0, 0.1) is 0 Å². The van der Waals surface area contributed by atoms with Crippen molar-refractivity contribution in [1.29, 1.82) is 0 Å². The Hall–Kier alpha value is -1.87. The maximum absolute atomic E-state index is 11.8. The number of hydrogen-bond donors (Lipinski definition) is 2. The molecule has 1 fully saturated rings. The third-order valence-corrected chi connectivity index (χ3v) is 6.31. The normalized spacial score (nSPS) is 14.5. The molecule has 1 heterocycles. The first-order valence-electron chi connectivity index (χ1n) is 8.47. The molecule has 1 aromatic rings. The van der Waals surface area contributed by atoms with Crippen LogP contribution < -0.4 is 15.4 Å². The minimum absolute atomic E-state index is 0.296. The second kappa shape index (κ2) is 9.89. The number of amides is 3. The lowest BCUT2D eigenvalue weighted by molar-refractivity contribution is -0.150. The van der Waals surface area contributed by atoms with Gasteiger partial charge in [0.25, 0.3) is 5.91 Å². The molecule has 0 atom stereocenters. The molecule has 27 heavy (non-hydrogen) atoms. The molecule has 0 radical (unpaired) electrons. The van der Waals surface area contributed by atoms with Gasteiger partial charge in [-0.15, -0.1) is 23.5 Å². The Morgan fingerprint density at radius 3 is 2.44 bits per heavy atom. The second-order valence-electron chi connectivity index (χ2n) is 6.81. The van der Waals surface area contributed by atoms with E-state index in [-0.39, 0.29) is 6.61 Å². The van der Waals surface area contributed by atoms with Crippen LogP contribution in [0.25, 0.3) is 0 Å². The minimum Gasteiger partial charge on any atom is -0.482 e. The average molecular weight is 413 g/mol. The number of nitrogens with one attached hydrogen (secondary N) is 2. The lowest BCUT2D eigenvalue weighted by Gasteiger charge is -2.20. The van der Waals surface area contributed by atoms with Gasteiger partial charge in [0.05, 0.1) is 4.58 Å². The number of para-hydroxylation sites is 1. The number of urea groups is 1. The Kier molecular flexibility index (Phi) is 7.85. The molecule has 0 saturated carbocycles. The fourth-order valence-corrected chi connectivity index (χ4v) is 5.11. The maximum Gasteiger partial charge on any atom is 0.344 e. The topological polar surface area (TPSA) is 93.7 Å². The van der Waals surface area contributed by atoms with E-state index in [0.717, 1.165) is 17.1 Å². The first-order valence-corrected chi connectivity index (χ1v) is 10.6. The Balaban J connectivity index is 1.75. The van der Waals surface area contributed by atoms with E-state index < -0.39 is 30.1 Å². The number of carbonyl (C=O) groups excluding carboxylic acids is 3.